The number of hydrogen-bond acceptors (Lipinski definition) is 4. The molecule has 1 aromatic carbocycles. The molecule has 1 atom stereocenters. The minimum Gasteiger partial charge on any atom is -0.378 e. The molecule has 0 radical (unpaired) electrons. The van der Waals surface area contributed by atoms with Gasteiger partial charge in [0, 0.05) is 24.7 Å². The van der Waals surface area contributed by atoms with Crippen LogP contribution in [0.1, 0.15) is 12.8 Å². The van der Waals surface area contributed by atoms with E-state index in [1.807, 2.05) is 7.05 Å². The first-order valence-electron chi connectivity index (χ1n) is 6.06. The fraction of sp³-hybridized carbons (Fsp3) is 0.500. The van der Waals surface area contributed by atoms with E-state index in [1.54, 1.807) is 22.6 Å². The lowest BCUT2D eigenvalue weighted by atomic mass is 10.2. The van der Waals surface area contributed by atoms with Crippen LogP contribution < -0.4 is 5.32 Å². The highest BCUT2D eigenvalue weighted by molar-refractivity contribution is 14.1. The second kappa shape index (κ2) is 6.00. The van der Waals surface area contributed by atoms with E-state index in [9.17, 15) is 14.5 Å². The van der Waals surface area contributed by atoms with Gasteiger partial charge in [0.05, 0.1) is 8.49 Å². The third-order valence-electron chi connectivity index (χ3n) is 3.43. The first-order valence-corrected chi connectivity index (χ1v) is 7.14. The standard InChI is InChI=1S/C12H15FIN3O2/c1-16-4-2-3-8(16)7-15-11-5-9(13)10(14)6-12(11)17(18)19/h5-6,8,15H,2-4,7H2,1H3. The fourth-order valence-corrected chi connectivity index (χ4v) is 2.74. The number of likely N-dealkylation sites (N-methyl/N-ethyl adjacent to an activating group) is 1. The number of nitro groups is 1. The second-order valence-corrected chi connectivity index (χ2v) is 5.86. The molecule has 0 aromatic heterocycles. The molecule has 1 fully saturated rings. The fourth-order valence-electron chi connectivity index (χ4n) is 2.29. The minimum atomic E-state index is -0.484. The molecule has 0 bridgehead atoms. The number of likely N-dealkylation sites (tertiary alicyclic amines) is 1. The molecule has 2 rings (SSSR count). The first kappa shape index (κ1) is 14.4. The number of nitrogens with one attached hydrogen (secondary N) is 1. The van der Waals surface area contributed by atoms with E-state index in [-0.39, 0.29) is 14.9 Å². The largest absolute Gasteiger partial charge is 0.378 e. The Morgan fingerprint density at radius 1 is 1.63 bits per heavy atom. The van der Waals surface area contributed by atoms with Crippen molar-refractivity contribution in [1.82, 2.24) is 4.90 Å². The van der Waals surface area contributed by atoms with Gasteiger partial charge >= 0.3 is 0 Å². The van der Waals surface area contributed by atoms with Crippen LogP contribution in [0.2, 0.25) is 0 Å². The highest BCUT2D eigenvalue weighted by Gasteiger charge is 2.23. The van der Waals surface area contributed by atoms with E-state index in [4.69, 9.17) is 0 Å². The average molecular weight is 379 g/mol. The van der Waals surface area contributed by atoms with E-state index in [0.717, 1.165) is 19.4 Å². The predicted octanol–water partition coefficient (Wildman–Crippen LogP) is 2.84. The van der Waals surface area contributed by atoms with E-state index in [1.165, 1.54) is 12.1 Å². The molecule has 1 aliphatic rings. The summed E-state index contributed by atoms with van der Waals surface area (Å²) in [7, 11) is 2.03. The van der Waals surface area contributed by atoms with Gasteiger partial charge in [-0.05, 0) is 49.0 Å². The summed E-state index contributed by atoms with van der Waals surface area (Å²) in [5.74, 6) is -0.437. The van der Waals surface area contributed by atoms with Crippen LogP contribution in [0.3, 0.4) is 0 Å². The Balaban J connectivity index is 2.14. The molecule has 0 spiro atoms. The van der Waals surface area contributed by atoms with Crippen molar-refractivity contribution in [2.45, 2.75) is 18.9 Å². The molecule has 1 N–H and O–H groups in total. The van der Waals surface area contributed by atoms with Crippen molar-refractivity contribution in [3.63, 3.8) is 0 Å². The Kier molecular flexibility index (Phi) is 4.56. The van der Waals surface area contributed by atoms with E-state index in [0.29, 0.717) is 12.6 Å². The summed E-state index contributed by atoms with van der Waals surface area (Å²) in [5.41, 5.74) is 0.176. The van der Waals surface area contributed by atoms with Crippen molar-refractivity contribution in [3.8, 4) is 0 Å². The monoisotopic (exact) mass is 379 g/mol. The van der Waals surface area contributed by atoms with Gasteiger partial charge in [0.2, 0.25) is 0 Å². The molecule has 5 nitrogen and oxygen atoms in total. The number of anilines is 1. The van der Waals surface area contributed by atoms with Crippen molar-refractivity contribution in [2.75, 3.05) is 25.5 Å². The number of nitrogens with zero attached hydrogens (tertiary/aromatic N) is 2. The molecule has 1 heterocycles. The number of halogens is 2. The zero-order chi connectivity index (χ0) is 14.0. The molecule has 7 heteroatoms. The summed E-state index contributed by atoms with van der Waals surface area (Å²) >= 11 is 1.75. The summed E-state index contributed by atoms with van der Waals surface area (Å²) in [6.45, 7) is 1.63. The first-order chi connectivity index (χ1) is 8.99. The summed E-state index contributed by atoms with van der Waals surface area (Å²) in [5, 5.41) is 14.0. The SMILES string of the molecule is CN1CCCC1CNc1cc(F)c(I)cc1[N+](=O)[O-]. The summed E-state index contributed by atoms with van der Waals surface area (Å²) < 4.78 is 13.8. The third kappa shape index (κ3) is 3.33. The van der Waals surface area contributed by atoms with Crippen LogP contribution >= 0.6 is 22.6 Å². The highest BCUT2D eigenvalue weighted by Crippen LogP contribution is 2.29. The van der Waals surface area contributed by atoms with Crippen LogP contribution in [0.15, 0.2) is 12.1 Å². The Morgan fingerprint density at radius 3 is 2.95 bits per heavy atom. The van der Waals surface area contributed by atoms with E-state index >= 15 is 0 Å². The smallest absolute Gasteiger partial charge is 0.293 e. The maximum atomic E-state index is 13.5. The van der Waals surface area contributed by atoms with Crippen molar-refractivity contribution in [3.05, 3.63) is 31.6 Å². The Bertz CT molecular complexity index is 498. The van der Waals surface area contributed by atoms with Gasteiger partial charge in [-0.25, -0.2) is 4.39 Å². The maximum Gasteiger partial charge on any atom is 0.293 e. The van der Waals surface area contributed by atoms with Gasteiger partial charge in [-0.2, -0.15) is 0 Å². The van der Waals surface area contributed by atoms with Crippen molar-refractivity contribution in [2.24, 2.45) is 0 Å². The van der Waals surface area contributed by atoms with Crippen molar-refractivity contribution < 1.29 is 9.31 Å². The Morgan fingerprint density at radius 2 is 2.37 bits per heavy atom. The predicted molar refractivity (Wildman–Crippen MR) is 79.9 cm³/mol. The van der Waals surface area contributed by atoms with Crippen LogP contribution in [0.25, 0.3) is 0 Å². The number of hydrogen-bond donors (Lipinski definition) is 1. The molecule has 1 aliphatic heterocycles. The van der Waals surface area contributed by atoms with Crippen molar-refractivity contribution in [1.29, 1.82) is 0 Å². The normalized spacial score (nSPS) is 19.6. The molecule has 1 aromatic rings. The van der Waals surface area contributed by atoms with Crippen LogP contribution in [-0.2, 0) is 0 Å². The molecule has 0 amide bonds. The molecule has 19 heavy (non-hydrogen) atoms. The van der Waals surface area contributed by atoms with Gasteiger partial charge in [-0.3, -0.25) is 10.1 Å². The minimum absolute atomic E-state index is 0.0774. The molecular formula is C12H15FIN3O2. The Hall–Kier alpha value is -0.960. The lowest BCUT2D eigenvalue weighted by molar-refractivity contribution is -0.384. The summed E-state index contributed by atoms with van der Waals surface area (Å²) in [6, 6.07) is 2.81. The summed E-state index contributed by atoms with van der Waals surface area (Å²) in [6.07, 6.45) is 2.19. The average Bonchev–Trinajstić information content (AvgIpc) is 2.75. The lowest BCUT2D eigenvalue weighted by Gasteiger charge is -2.20. The van der Waals surface area contributed by atoms with Gasteiger partial charge < -0.3 is 10.2 Å². The molecule has 1 unspecified atom stereocenters. The number of rotatable bonds is 4. The highest BCUT2D eigenvalue weighted by atomic mass is 127. The summed E-state index contributed by atoms with van der Waals surface area (Å²) in [4.78, 5) is 12.7. The van der Waals surface area contributed by atoms with Gasteiger partial charge in [0.15, 0.2) is 0 Å². The van der Waals surface area contributed by atoms with Gasteiger partial charge in [0.25, 0.3) is 5.69 Å². The molecule has 0 saturated carbocycles. The van der Waals surface area contributed by atoms with Crippen LogP contribution in [-0.4, -0.2) is 36.0 Å². The Labute approximate surface area is 124 Å². The van der Waals surface area contributed by atoms with Crippen LogP contribution in [0, 0.1) is 19.5 Å². The molecule has 1 saturated heterocycles. The van der Waals surface area contributed by atoms with Crippen LogP contribution in [0.5, 0.6) is 0 Å². The topological polar surface area (TPSA) is 58.4 Å². The quantitative estimate of drug-likeness (QED) is 0.497. The van der Waals surface area contributed by atoms with E-state index in [2.05, 4.69) is 10.2 Å². The van der Waals surface area contributed by atoms with Crippen molar-refractivity contribution >= 4 is 34.0 Å². The second-order valence-electron chi connectivity index (χ2n) is 4.70. The van der Waals surface area contributed by atoms with Gasteiger partial charge in [-0.15, -0.1) is 0 Å². The lowest BCUT2D eigenvalue weighted by Crippen LogP contribution is -2.31. The van der Waals surface area contributed by atoms with Gasteiger partial charge in [0.1, 0.15) is 11.5 Å². The molecule has 0 aliphatic carbocycles. The zero-order valence-electron chi connectivity index (χ0n) is 10.5. The zero-order valence-corrected chi connectivity index (χ0v) is 12.7. The number of nitro benzene ring substituents is 1. The van der Waals surface area contributed by atoms with E-state index < -0.39 is 10.7 Å². The van der Waals surface area contributed by atoms with Crippen LogP contribution in [0.4, 0.5) is 15.8 Å². The maximum absolute atomic E-state index is 13.5. The van der Waals surface area contributed by atoms with Gasteiger partial charge in [-0.1, -0.05) is 0 Å². The third-order valence-corrected chi connectivity index (χ3v) is 4.26. The number of benzene rings is 1. The molecular weight excluding hydrogens is 364 g/mol. The molecule has 104 valence electrons.